The summed E-state index contributed by atoms with van der Waals surface area (Å²) in [5, 5.41) is 2.08. The Kier molecular flexibility index (Phi) is 3.64. The number of pyridine rings is 1. The fraction of sp³-hybridized carbons (Fsp3) is 0.182. The number of thioether (sulfide) groups is 1. The minimum Gasteiger partial charge on any atom is -0.497 e. The van der Waals surface area contributed by atoms with Crippen molar-refractivity contribution in [2.24, 2.45) is 0 Å². The molecule has 0 aliphatic heterocycles. The molecule has 0 N–H and O–H groups in total. The number of methoxy groups -OCH3 is 1. The Bertz CT molecular complexity index is 414. The smallest absolute Gasteiger partial charge is 0.122 e. The SMILES string of the molecule is COc1ccnc(CSc2cccs2)c1. The van der Waals surface area contributed by atoms with Crippen molar-refractivity contribution in [3.05, 3.63) is 41.5 Å². The Morgan fingerprint density at radius 2 is 2.40 bits per heavy atom. The first-order chi connectivity index (χ1) is 7.38. The molecule has 78 valence electrons. The molecule has 0 bridgehead atoms. The van der Waals surface area contributed by atoms with E-state index in [0.717, 1.165) is 17.2 Å². The zero-order valence-electron chi connectivity index (χ0n) is 8.34. The Hall–Kier alpha value is -1.00. The van der Waals surface area contributed by atoms with Gasteiger partial charge in [-0.05, 0) is 17.5 Å². The van der Waals surface area contributed by atoms with Crippen LogP contribution in [0, 0.1) is 0 Å². The summed E-state index contributed by atoms with van der Waals surface area (Å²) in [5.74, 6) is 1.75. The van der Waals surface area contributed by atoms with Gasteiger partial charge in [-0.25, -0.2) is 0 Å². The normalized spacial score (nSPS) is 10.2. The highest BCUT2D eigenvalue weighted by Gasteiger charge is 1.99. The molecule has 2 aromatic rings. The van der Waals surface area contributed by atoms with E-state index in [1.165, 1.54) is 4.21 Å². The van der Waals surface area contributed by atoms with Crippen molar-refractivity contribution in [3.8, 4) is 5.75 Å². The molecule has 0 saturated heterocycles. The summed E-state index contributed by atoms with van der Waals surface area (Å²) < 4.78 is 6.46. The molecule has 2 heterocycles. The van der Waals surface area contributed by atoms with E-state index in [9.17, 15) is 0 Å². The molecule has 0 atom stereocenters. The van der Waals surface area contributed by atoms with Crippen LogP contribution < -0.4 is 4.74 Å². The van der Waals surface area contributed by atoms with Crippen LogP contribution in [-0.2, 0) is 5.75 Å². The molecule has 0 aliphatic rings. The number of rotatable bonds is 4. The lowest BCUT2D eigenvalue weighted by Gasteiger charge is -2.02. The molecule has 0 saturated carbocycles. The predicted octanol–water partition coefficient (Wildman–Crippen LogP) is 3.44. The minimum absolute atomic E-state index is 0.867. The van der Waals surface area contributed by atoms with E-state index in [-0.39, 0.29) is 0 Å². The average molecular weight is 237 g/mol. The Labute approximate surface area is 97.3 Å². The van der Waals surface area contributed by atoms with Gasteiger partial charge in [-0.2, -0.15) is 0 Å². The molecule has 15 heavy (non-hydrogen) atoms. The van der Waals surface area contributed by atoms with Gasteiger partial charge in [0.2, 0.25) is 0 Å². The average Bonchev–Trinajstić information content (AvgIpc) is 2.79. The van der Waals surface area contributed by atoms with E-state index in [1.54, 1.807) is 36.4 Å². The highest BCUT2D eigenvalue weighted by Crippen LogP contribution is 2.27. The van der Waals surface area contributed by atoms with Crippen molar-refractivity contribution in [2.75, 3.05) is 7.11 Å². The third-order valence-corrected chi connectivity index (χ3v) is 4.05. The van der Waals surface area contributed by atoms with Gasteiger partial charge in [0.15, 0.2) is 0 Å². The lowest BCUT2D eigenvalue weighted by molar-refractivity contribution is 0.413. The molecule has 2 aromatic heterocycles. The second-order valence-electron chi connectivity index (χ2n) is 2.91. The molecule has 0 unspecified atom stereocenters. The molecule has 0 radical (unpaired) electrons. The van der Waals surface area contributed by atoms with E-state index in [2.05, 4.69) is 22.5 Å². The van der Waals surface area contributed by atoms with E-state index in [1.807, 2.05) is 12.1 Å². The van der Waals surface area contributed by atoms with Gasteiger partial charge < -0.3 is 4.74 Å². The van der Waals surface area contributed by atoms with Crippen LogP contribution in [0.25, 0.3) is 0 Å². The molecule has 0 fully saturated rings. The standard InChI is InChI=1S/C11H11NOS2/c1-13-10-4-5-12-9(7-10)8-15-11-3-2-6-14-11/h2-7H,8H2,1H3. The topological polar surface area (TPSA) is 22.1 Å². The maximum Gasteiger partial charge on any atom is 0.122 e. The fourth-order valence-electron chi connectivity index (χ4n) is 1.15. The number of aromatic nitrogens is 1. The van der Waals surface area contributed by atoms with Crippen molar-refractivity contribution in [1.29, 1.82) is 0 Å². The number of thiophene rings is 1. The summed E-state index contributed by atoms with van der Waals surface area (Å²) in [6.45, 7) is 0. The van der Waals surface area contributed by atoms with Gasteiger partial charge in [0.25, 0.3) is 0 Å². The van der Waals surface area contributed by atoms with Crippen LogP contribution in [0.1, 0.15) is 5.69 Å². The Morgan fingerprint density at radius 3 is 3.13 bits per heavy atom. The fourth-order valence-corrected chi connectivity index (χ4v) is 2.84. The van der Waals surface area contributed by atoms with Gasteiger partial charge in [-0.3, -0.25) is 4.98 Å². The van der Waals surface area contributed by atoms with Gasteiger partial charge in [0.05, 0.1) is 17.0 Å². The highest BCUT2D eigenvalue weighted by atomic mass is 32.2. The van der Waals surface area contributed by atoms with E-state index < -0.39 is 0 Å². The monoisotopic (exact) mass is 237 g/mol. The molecule has 2 nitrogen and oxygen atoms in total. The predicted molar refractivity (Wildman–Crippen MR) is 64.7 cm³/mol. The zero-order chi connectivity index (χ0) is 10.5. The van der Waals surface area contributed by atoms with Crippen molar-refractivity contribution >= 4 is 23.1 Å². The first-order valence-electron chi connectivity index (χ1n) is 4.54. The van der Waals surface area contributed by atoms with Crippen molar-refractivity contribution in [3.63, 3.8) is 0 Å². The molecular weight excluding hydrogens is 226 g/mol. The zero-order valence-corrected chi connectivity index (χ0v) is 9.98. The maximum absolute atomic E-state index is 5.15. The van der Waals surface area contributed by atoms with E-state index in [4.69, 9.17) is 4.74 Å². The van der Waals surface area contributed by atoms with E-state index in [0.29, 0.717) is 0 Å². The van der Waals surface area contributed by atoms with Crippen LogP contribution in [-0.4, -0.2) is 12.1 Å². The van der Waals surface area contributed by atoms with Crippen molar-refractivity contribution in [1.82, 2.24) is 4.98 Å². The van der Waals surface area contributed by atoms with Gasteiger partial charge in [-0.15, -0.1) is 23.1 Å². The van der Waals surface area contributed by atoms with E-state index >= 15 is 0 Å². The number of hydrogen-bond acceptors (Lipinski definition) is 4. The molecule has 2 rings (SSSR count). The Balaban J connectivity index is 1.98. The van der Waals surface area contributed by atoms with Crippen LogP contribution in [0.5, 0.6) is 5.75 Å². The van der Waals surface area contributed by atoms with Gasteiger partial charge in [-0.1, -0.05) is 6.07 Å². The lowest BCUT2D eigenvalue weighted by Crippen LogP contribution is -1.88. The lowest BCUT2D eigenvalue weighted by atomic mass is 10.3. The number of hydrogen-bond donors (Lipinski definition) is 0. The summed E-state index contributed by atoms with van der Waals surface area (Å²) in [6.07, 6.45) is 1.78. The highest BCUT2D eigenvalue weighted by molar-refractivity contribution is 8.00. The van der Waals surface area contributed by atoms with Crippen LogP contribution in [0.4, 0.5) is 0 Å². The first kappa shape index (κ1) is 10.5. The summed E-state index contributed by atoms with van der Waals surface area (Å²) in [7, 11) is 1.67. The minimum atomic E-state index is 0.867. The van der Waals surface area contributed by atoms with Gasteiger partial charge >= 0.3 is 0 Å². The third-order valence-electron chi connectivity index (χ3n) is 1.88. The third kappa shape index (κ3) is 2.97. The second kappa shape index (κ2) is 5.19. The first-order valence-corrected chi connectivity index (χ1v) is 6.40. The molecule has 0 amide bonds. The van der Waals surface area contributed by atoms with Crippen LogP contribution in [0.3, 0.4) is 0 Å². The Morgan fingerprint density at radius 1 is 1.47 bits per heavy atom. The molecule has 0 aliphatic carbocycles. The molecule has 0 spiro atoms. The molecule has 0 aromatic carbocycles. The van der Waals surface area contributed by atoms with Crippen LogP contribution in [0.15, 0.2) is 40.1 Å². The molecular formula is C11H11NOS2. The summed E-state index contributed by atoms with van der Waals surface area (Å²) in [5.41, 5.74) is 1.05. The quantitative estimate of drug-likeness (QED) is 0.760. The summed E-state index contributed by atoms with van der Waals surface area (Å²) in [4.78, 5) is 4.29. The van der Waals surface area contributed by atoms with Crippen LogP contribution in [0.2, 0.25) is 0 Å². The summed E-state index contributed by atoms with van der Waals surface area (Å²) in [6, 6.07) is 8.02. The van der Waals surface area contributed by atoms with Crippen LogP contribution >= 0.6 is 23.1 Å². The van der Waals surface area contributed by atoms with Crippen molar-refractivity contribution < 1.29 is 4.74 Å². The molecule has 4 heteroatoms. The van der Waals surface area contributed by atoms with Gasteiger partial charge in [0.1, 0.15) is 5.75 Å². The summed E-state index contributed by atoms with van der Waals surface area (Å²) >= 11 is 3.56. The second-order valence-corrected chi connectivity index (χ2v) is 5.13. The van der Waals surface area contributed by atoms with Crippen molar-refractivity contribution in [2.45, 2.75) is 9.96 Å². The number of nitrogens with zero attached hydrogens (tertiary/aromatic N) is 1. The number of ether oxygens (including phenoxy) is 1. The maximum atomic E-state index is 5.15. The van der Waals surface area contributed by atoms with Gasteiger partial charge in [0, 0.05) is 18.0 Å². The largest absolute Gasteiger partial charge is 0.497 e.